The Bertz CT molecular complexity index is 631. The van der Waals surface area contributed by atoms with Gasteiger partial charge in [-0.15, -0.1) is 0 Å². The van der Waals surface area contributed by atoms with Crippen molar-refractivity contribution in [2.45, 2.75) is 37.9 Å². The molecule has 0 aromatic heterocycles. The van der Waals surface area contributed by atoms with Gasteiger partial charge in [0.15, 0.2) is 0 Å². The van der Waals surface area contributed by atoms with E-state index >= 15 is 0 Å². The van der Waals surface area contributed by atoms with Gasteiger partial charge in [0.1, 0.15) is 0 Å². The van der Waals surface area contributed by atoms with Crippen LogP contribution in [0.2, 0.25) is 0 Å². The minimum atomic E-state index is -1.38. The number of aliphatic hydroxyl groups excluding tert-OH is 2. The summed E-state index contributed by atoms with van der Waals surface area (Å²) in [7, 11) is 0. The van der Waals surface area contributed by atoms with Crippen molar-refractivity contribution in [1.82, 2.24) is 4.90 Å². The Labute approximate surface area is 183 Å². The van der Waals surface area contributed by atoms with Gasteiger partial charge in [0.25, 0.3) is 0 Å². The summed E-state index contributed by atoms with van der Waals surface area (Å²) < 4.78 is 0. The summed E-state index contributed by atoms with van der Waals surface area (Å²) in [5.41, 5.74) is 0.130. The summed E-state index contributed by atoms with van der Waals surface area (Å²) in [4.78, 5) is 25.1. The average molecular weight is 357 g/mol. The van der Waals surface area contributed by atoms with E-state index < -0.39 is 18.2 Å². The van der Waals surface area contributed by atoms with Crippen LogP contribution in [0.25, 0.3) is 0 Å². The van der Waals surface area contributed by atoms with E-state index in [1.54, 1.807) is 17.0 Å². The summed E-state index contributed by atoms with van der Waals surface area (Å²) in [6, 6.07) is 5.99. The molecular weight excluding hydrogens is 337 g/mol. The third-order valence-corrected chi connectivity index (χ3v) is 4.84. The number of β-amino-alcohol motifs (C(OH)–C–C–N with tert-alkyl or cyclic N) is 1. The molecule has 2 aliphatic rings. The van der Waals surface area contributed by atoms with E-state index in [-0.39, 0.29) is 86.8 Å². The number of carbonyl (C=O) groups excluding carboxylic acids is 2. The summed E-state index contributed by atoms with van der Waals surface area (Å²) >= 11 is 0. The number of rotatable bonds is 4. The molecule has 1 saturated heterocycles. The number of carboxylic acid groups (broad SMARTS) is 1. The first-order valence-corrected chi connectivity index (χ1v) is 7.84. The first-order chi connectivity index (χ1) is 10.9. The molecule has 1 heterocycles. The molecule has 1 aliphatic carbocycles. The third-order valence-electron chi connectivity index (χ3n) is 4.84. The van der Waals surface area contributed by atoms with Gasteiger partial charge in [0.05, 0.1) is 24.6 Å². The zero-order chi connectivity index (χ0) is 16.6. The second-order valence-corrected chi connectivity index (χ2v) is 6.73. The molecule has 0 radical (unpaired) electrons. The van der Waals surface area contributed by atoms with Crippen LogP contribution in [0, 0.1) is 5.41 Å². The molecule has 1 saturated carbocycles. The average Bonchev–Trinajstić information content (AvgIpc) is 3.24. The van der Waals surface area contributed by atoms with Crippen molar-refractivity contribution in [1.29, 1.82) is 0 Å². The van der Waals surface area contributed by atoms with E-state index in [1.165, 1.54) is 12.1 Å². The van der Waals surface area contributed by atoms with Crippen LogP contribution >= 0.6 is 0 Å². The fraction of sp³-hybridized carbons (Fsp3) is 0.529. The third kappa shape index (κ3) is 4.46. The number of nitrogens with zero attached hydrogens (tertiary/aromatic N) is 1. The van der Waals surface area contributed by atoms with Crippen molar-refractivity contribution in [3.63, 3.8) is 0 Å². The fourth-order valence-electron chi connectivity index (χ4n) is 3.46. The van der Waals surface area contributed by atoms with E-state index in [4.69, 9.17) is 0 Å². The second-order valence-electron chi connectivity index (χ2n) is 6.73. The maximum Gasteiger partial charge on any atom is 1.00 e. The molecule has 1 aliphatic heterocycles. The molecule has 124 valence electrons. The van der Waals surface area contributed by atoms with Gasteiger partial charge in [-0.05, 0) is 30.2 Å². The quantitative estimate of drug-likeness (QED) is 0.555. The van der Waals surface area contributed by atoms with Gasteiger partial charge >= 0.3 is 51.4 Å². The molecule has 0 bridgehead atoms. The van der Waals surface area contributed by atoms with Crippen molar-refractivity contribution in [3.05, 3.63) is 35.4 Å². The molecule has 24 heavy (non-hydrogen) atoms. The molecule has 1 aromatic rings. The Hall–Kier alpha value is -0.284. The number of benzene rings is 1. The zero-order valence-corrected chi connectivity index (χ0v) is 16.9. The van der Waals surface area contributed by atoms with E-state index in [0.717, 1.165) is 19.3 Å². The number of likely N-dealkylation sites (tertiary alicyclic amines) is 1. The van der Waals surface area contributed by atoms with Crippen molar-refractivity contribution in [3.8, 4) is 0 Å². The van der Waals surface area contributed by atoms with Gasteiger partial charge in [0, 0.05) is 18.7 Å². The Morgan fingerprint density at radius 3 is 2.62 bits per heavy atom. The summed E-state index contributed by atoms with van der Waals surface area (Å²) in [5, 5.41) is 31.3. The molecule has 2 fully saturated rings. The second kappa shape index (κ2) is 7.95. The smallest absolute Gasteiger partial charge is 0.545 e. The molecule has 2 unspecified atom stereocenters. The van der Waals surface area contributed by atoms with Gasteiger partial charge < -0.3 is 25.0 Å². The molecule has 2 N–H and O–H groups in total. The summed E-state index contributed by atoms with van der Waals surface area (Å²) in [6.45, 7) is 0.882. The van der Waals surface area contributed by atoms with Gasteiger partial charge in [-0.1, -0.05) is 24.3 Å². The van der Waals surface area contributed by atoms with Gasteiger partial charge in [-0.2, -0.15) is 0 Å². The number of hydrogen-bond acceptors (Lipinski definition) is 5. The van der Waals surface area contributed by atoms with Crippen molar-refractivity contribution in [2.24, 2.45) is 5.41 Å². The van der Waals surface area contributed by atoms with Crippen molar-refractivity contribution in [2.75, 3.05) is 13.1 Å². The first-order valence-electron chi connectivity index (χ1n) is 7.84. The number of aliphatic hydroxyl groups is 2. The fourth-order valence-corrected chi connectivity index (χ4v) is 3.46. The Morgan fingerprint density at radius 2 is 2.00 bits per heavy atom. The topological polar surface area (TPSA) is 101 Å². The predicted molar refractivity (Wildman–Crippen MR) is 79.2 cm³/mol. The van der Waals surface area contributed by atoms with Crippen LogP contribution in [-0.2, 0) is 4.79 Å². The molecule has 3 rings (SSSR count). The van der Waals surface area contributed by atoms with Crippen LogP contribution < -0.4 is 56.5 Å². The Kier molecular flexibility index (Phi) is 6.63. The SMILES string of the molecule is O=C([O-])c1ccccc1C(O)CC(=O)N1CC(O)CC2(CC2)C1.[K+]. The Morgan fingerprint density at radius 1 is 1.33 bits per heavy atom. The monoisotopic (exact) mass is 357 g/mol. The van der Waals surface area contributed by atoms with Crippen LogP contribution in [0.4, 0.5) is 0 Å². The predicted octanol–water partition coefficient (Wildman–Crippen LogP) is -3.15. The minimum Gasteiger partial charge on any atom is -0.545 e. The largest absolute Gasteiger partial charge is 1.00 e. The standard InChI is InChI=1S/C17H21NO5.K/c19-11-8-17(5-6-17)10-18(9-11)15(21)7-14(20)12-3-1-2-4-13(12)16(22)23;/h1-4,11,14,19-20H,5-10H2,(H,22,23);/q;+1/p-1. The van der Waals surface area contributed by atoms with E-state index in [1.807, 2.05) is 0 Å². The van der Waals surface area contributed by atoms with E-state index in [0.29, 0.717) is 6.54 Å². The molecule has 6 nitrogen and oxygen atoms in total. The van der Waals surface area contributed by atoms with Crippen LogP contribution in [0.3, 0.4) is 0 Å². The van der Waals surface area contributed by atoms with Crippen molar-refractivity contribution >= 4 is 11.9 Å². The van der Waals surface area contributed by atoms with E-state index in [9.17, 15) is 24.9 Å². The number of aromatic carboxylic acids is 1. The normalized spacial score (nSPS) is 22.6. The number of carboxylic acids is 1. The van der Waals surface area contributed by atoms with Crippen LogP contribution in [0.15, 0.2) is 24.3 Å². The summed E-state index contributed by atoms with van der Waals surface area (Å²) in [5.74, 6) is -1.65. The van der Waals surface area contributed by atoms with Gasteiger partial charge in [-0.3, -0.25) is 4.79 Å². The molecule has 1 amide bonds. The van der Waals surface area contributed by atoms with Gasteiger partial charge in [-0.25, -0.2) is 0 Å². The maximum absolute atomic E-state index is 12.4. The molecule has 1 spiro atoms. The maximum atomic E-state index is 12.4. The van der Waals surface area contributed by atoms with E-state index in [2.05, 4.69) is 0 Å². The number of piperidine rings is 1. The molecule has 7 heteroatoms. The summed E-state index contributed by atoms with van der Waals surface area (Å²) in [6.07, 6.45) is 0.835. The molecule has 1 aromatic carbocycles. The minimum absolute atomic E-state index is 0. The van der Waals surface area contributed by atoms with Crippen LogP contribution in [-0.4, -0.2) is 46.2 Å². The van der Waals surface area contributed by atoms with Gasteiger partial charge in [0.2, 0.25) is 5.91 Å². The molecule has 2 atom stereocenters. The zero-order valence-electron chi connectivity index (χ0n) is 13.8. The molecular formula is C17H20KNO5. The van der Waals surface area contributed by atoms with Crippen molar-refractivity contribution < 1.29 is 76.3 Å². The Balaban J connectivity index is 0.00000208. The number of amides is 1. The first kappa shape index (κ1) is 20.0. The number of carbonyl (C=O) groups is 2. The van der Waals surface area contributed by atoms with Crippen LogP contribution in [0.1, 0.15) is 47.7 Å². The van der Waals surface area contributed by atoms with Crippen LogP contribution in [0.5, 0.6) is 0 Å². The number of hydrogen-bond donors (Lipinski definition) is 2.